The molecule has 1 aromatic rings. The van der Waals surface area contributed by atoms with Gasteiger partial charge < -0.3 is 4.57 Å². The molecule has 0 aliphatic rings. The van der Waals surface area contributed by atoms with Crippen molar-refractivity contribution in [1.82, 2.24) is 4.57 Å². The van der Waals surface area contributed by atoms with E-state index in [4.69, 9.17) is 0 Å². The van der Waals surface area contributed by atoms with E-state index in [-0.39, 0.29) is 10.8 Å². The first-order valence-corrected chi connectivity index (χ1v) is 5.69. The largest absolute Gasteiger partial charge is 0.342 e. The van der Waals surface area contributed by atoms with E-state index in [0.29, 0.717) is 0 Å². The normalized spacial score (nSPS) is 12.6. The second-order valence-corrected chi connectivity index (χ2v) is 6.49. The Bertz CT molecular complexity index is 431. The third kappa shape index (κ3) is 2.14. The Morgan fingerprint density at radius 3 is 1.88 bits per heavy atom. The average molecular weight is 218 g/mol. The van der Waals surface area contributed by atoms with E-state index in [9.17, 15) is 5.26 Å². The summed E-state index contributed by atoms with van der Waals surface area (Å²) < 4.78 is 1.95. The molecule has 0 amide bonds. The number of nitriles is 1. The summed E-state index contributed by atoms with van der Waals surface area (Å²) in [5, 5.41) is 9.27. The minimum Gasteiger partial charge on any atom is -0.342 e. The van der Waals surface area contributed by atoms with Crippen molar-refractivity contribution in [2.75, 3.05) is 0 Å². The van der Waals surface area contributed by atoms with E-state index in [2.05, 4.69) is 53.8 Å². The summed E-state index contributed by atoms with van der Waals surface area (Å²) in [6.45, 7) is 13.1. The van der Waals surface area contributed by atoms with Gasteiger partial charge in [0.25, 0.3) is 0 Å². The molecule has 0 spiro atoms. The zero-order valence-electron chi connectivity index (χ0n) is 11.5. The van der Waals surface area contributed by atoms with Crippen LogP contribution in [0.1, 0.15) is 58.4 Å². The van der Waals surface area contributed by atoms with Crippen LogP contribution in [0.2, 0.25) is 0 Å². The summed E-state index contributed by atoms with van der Waals surface area (Å²) in [6.07, 6.45) is 2.10. The monoisotopic (exact) mass is 218 g/mol. The molecule has 2 nitrogen and oxygen atoms in total. The molecule has 0 aromatic carbocycles. The fourth-order valence-electron chi connectivity index (χ4n) is 2.09. The van der Waals surface area contributed by atoms with E-state index < -0.39 is 0 Å². The molecule has 1 aromatic heterocycles. The third-order valence-corrected chi connectivity index (χ3v) is 2.85. The van der Waals surface area contributed by atoms with E-state index in [1.165, 1.54) is 11.1 Å². The standard InChI is InChI=1S/C14H22N2/c1-13(2,3)10-9-16(7)11(8-15)12(10)14(4,5)6/h9H,1-7H3. The predicted molar refractivity (Wildman–Crippen MR) is 67.5 cm³/mol. The summed E-state index contributed by atoms with van der Waals surface area (Å²) in [4.78, 5) is 0. The molecule has 0 unspecified atom stereocenters. The lowest BCUT2D eigenvalue weighted by Gasteiger charge is -2.26. The molecule has 0 fully saturated rings. The van der Waals surface area contributed by atoms with Gasteiger partial charge in [-0.15, -0.1) is 0 Å². The van der Waals surface area contributed by atoms with Crippen LogP contribution < -0.4 is 0 Å². The maximum atomic E-state index is 9.27. The number of aryl methyl sites for hydroxylation is 1. The second-order valence-electron chi connectivity index (χ2n) is 6.49. The van der Waals surface area contributed by atoms with Crippen molar-refractivity contribution in [3.63, 3.8) is 0 Å². The average Bonchev–Trinajstić information content (AvgIpc) is 2.40. The van der Waals surface area contributed by atoms with Crippen molar-refractivity contribution in [2.24, 2.45) is 7.05 Å². The number of aromatic nitrogens is 1. The van der Waals surface area contributed by atoms with Gasteiger partial charge in [0.15, 0.2) is 0 Å². The van der Waals surface area contributed by atoms with Gasteiger partial charge in [-0.25, -0.2) is 0 Å². The zero-order chi connectivity index (χ0) is 12.7. The van der Waals surface area contributed by atoms with Crippen LogP contribution in [-0.4, -0.2) is 4.57 Å². The fourth-order valence-corrected chi connectivity index (χ4v) is 2.09. The summed E-state index contributed by atoms with van der Waals surface area (Å²) in [7, 11) is 1.95. The maximum absolute atomic E-state index is 9.27. The van der Waals surface area contributed by atoms with Gasteiger partial charge in [0.2, 0.25) is 0 Å². The van der Waals surface area contributed by atoms with Gasteiger partial charge in [-0.1, -0.05) is 41.5 Å². The highest BCUT2D eigenvalue weighted by molar-refractivity contribution is 5.47. The molecule has 0 saturated carbocycles. The van der Waals surface area contributed by atoms with Crippen LogP contribution in [0.4, 0.5) is 0 Å². The Morgan fingerprint density at radius 2 is 1.56 bits per heavy atom. The van der Waals surface area contributed by atoms with Gasteiger partial charge >= 0.3 is 0 Å². The van der Waals surface area contributed by atoms with Crippen molar-refractivity contribution in [3.8, 4) is 6.07 Å². The topological polar surface area (TPSA) is 28.7 Å². The Balaban J connectivity index is 3.61. The first kappa shape index (κ1) is 12.8. The molecule has 0 bridgehead atoms. The summed E-state index contributed by atoms with van der Waals surface area (Å²) in [6, 6.07) is 2.33. The van der Waals surface area contributed by atoms with Crippen molar-refractivity contribution < 1.29 is 0 Å². The van der Waals surface area contributed by atoms with Crippen LogP contribution in [0.15, 0.2) is 6.20 Å². The van der Waals surface area contributed by atoms with Gasteiger partial charge in [0.1, 0.15) is 11.8 Å². The minimum atomic E-state index is 0.00887. The summed E-state index contributed by atoms with van der Waals surface area (Å²) in [5.41, 5.74) is 3.34. The first-order valence-electron chi connectivity index (χ1n) is 5.69. The van der Waals surface area contributed by atoms with Crippen molar-refractivity contribution in [3.05, 3.63) is 23.0 Å². The van der Waals surface area contributed by atoms with Crippen molar-refractivity contribution in [1.29, 1.82) is 5.26 Å². The van der Waals surface area contributed by atoms with Gasteiger partial charge in [-0.3, -0.25) is 0 Å². The molecule has 0 N–H and O–H groups in total. The quantitative estimate of drug-likeness (QED) is 0.655. The summed E-state index contributed by atoms with van der Waals surface area (Å²) >= 11 is 0. The van der Waals surface area contributed by atoms with Gasteiger partial charge in [0, 0.05) is 13.2 Å². The molecule has 0 atom stereocenters. The van der Waals surface area contributed by atoms with Crippen molar-refractivity contribution >= 4 is 0 Å². The third-order valence-electron chi connectivity index (χ3n) is 2.85. The summed E-state index contributed by atoms with van der Waals surface area (Å²) in [5.74, 6) is 0. The Labute approximate surface area is 98.9 Å². The predicted octanol–water partition coefficient (Wildman–Crippen LogP) is 3.49. The smallest absolute Gasteiger partial charge is 0.124 e. The molecular formula is C14H22N2. The van der Waals surface area contributed by atoms with E-state index in [1.807, 2.05) is 11.6 Å². The van der Waals surface area contributed by atoms with Crippen LogP contribution in [0.3, 0.4) is 0 Å². The van der Waals surface area contributed by atoms with Crippen LogP contribution in [0.25, 0.3) is 0 Å². The van der Waals surface area contributed by atoms with Crippen LogP contribution in [-0.2, 0) is 17.9 Å². The van der Waals surface area contributed by atoms with Crippen LogP contribution in [0.5, 0.6) is 0 Å². The lowest BCUT2D eigenvalue weighted by atomic mass is 9.76. The molecule has 16 heavy (non-hydrogen) atoms. The Hall–Kier alpha value is -1.23. The molecule has 0 saturated heterocycles. The highest BCUT2D eigenvalue weighted by Crippen LogP contribution is 2.36. The Morgan fingerprint density at radius 1 is 1.06 bits per heavy atom. The molecule has 1 heterocycles. The van der Waals surface area contributed by atoms with E-state index in [0.717, 1.165) is 5.69 Å². The van der Waals surface area contributed by atoms with Crippen LogP contribution in [0, 0.1) is 11.3 Å². The highest BCUT2D eigenvalue weighted by atomic mass is 14.9. The SMILES string of the molecule is Cn1cc(C(C)(C)C)c(C(C)(C)C)c1C#N. The lowest BCUT2D eigenvalue weighted by molar-refractivity contribution is 0.533. The minimum absolute atomic E-state index is 0.00887. The van der Waals surface area contributed by atoms with E-state index in [1.54, 1.807) is 0 Å². The number of hydrogen-bond acceptors (Lipinski definition) is 1. The van der Waals surface area contributed by atoms with Crippen molar-refractivity contribution in [2.45, 2.75) is 52.4 Å². The van der Waals surface area contributed by atoms with Gasteiger partial charge in [-0.2, -0.15) is 5.26 Å². The van der Waals surface area contributed by atoms with Gasteiger partial charge in [-0.05, 0) is 22.0 Å². The molecule has 88 valence electrons. The number of rotatable bonds is 0. The molecular weight excluding hydrogens is 196 g/mol. The number of hydrogen-bond donors (Lipinski definition) is 0. The molecule has 1 rings (SSSR count). The highest BCUT2D eigenvalue weighted by Gasteiger charge is 2.30. The fraction of sp³-hybridized carbons (Fsp3) is 0.643. The molecule has 2 heteroatoms. The van der Waals surface area contributed by atoms with Gasteiger partial charge in [0.05, 0.1) is 0 Å². The molecule has 0 aliphatic heterocycles. The zero-order valence-corrected chi connectivity index (χ0v) is 11.5. The Kier molecular flexibility index (Phi) is 2.94. The van der Waals surface area contributed by atoms with Crippen LogP contribution >= 0.6 is 0 Å². The second kappa shape index (κ2) is 3.66. The van der Waals surface area contributed by atoms with E-state index >= 15 is 0 Å². The lowest BCUT2D eigenvalue weighted by Crippen LogP contribution is -2.21. The molecule has 0 radical (unpaired) electrons. The first-order chi connectivity index (χ1) is 7.09. The maximum Gasteiger partial charge on any atom is 0.124 e. The number of nitrogens with zero attached hydrogens (tertiary/aromatic N) is 2. The molecule has 0 aliphatic carbocycles.